The number of nitrogens with one attached hydrogen (secondary N) is 1. The Hall–Kier alpha value is -4.65. The van der Waals surface area contributed by atoms with Crippen LogP contribution in [0.1, 0.15) is 23.6 Å². The van der Waals surface area contributed by atoms with E-state index in [0.29, 0.717) is 5.75 Å². The molecule has 0 radical (unpaired) electrons. The molecule has 1 saturated heterocycles. The Morgan fingerprint density at radius 1 is 1.08 bits per heavy atom. The maximum absolute atomic E-state index is 12.6. The minimum absolute atomic E-state index is 0.0516. The van der Waals surface area contributed by atoms with Gasteiger partial charge in [0.15, 0.2) is 11.8 Å². The number of aromatic hydroxyl groups is 1. The molecule has 36 heavy (non-hydrogen) atoms. The van der Waals surface area contributed by atoms with E-state index in [2.05, 4.69) is 10.5 Å². The van der Waals surface area contributed by atoms with Gasteiger partial charge in [-0.2, -0.15) is 0 Å². The van der Waals surface area contributed by atoms with E-state index in [-0.39, 0.29) is 42.2 Å². The number of oxime groups is 1. The topological polar surface area (TPSA) is 212 Å². The monoisotopic (exact) mass is 500 g/mol. The van der Waals surface area contributed by atoms with Crippen molar-refractivity contribution in [1.82, 2.24) is 10.2 Å². The van der Waals surface area contributed by atoms with E-state index < -0.39 is 41.9 Å². The second-order valence-corrected chi connectivity index (χ2v) is 7.90. The summed E-state index contributed by atoms with van der Waals surface area (Å²) in [5.74, 6) is -3.59. The highest BCUT2D eigenvalue weighted by molar-refractivity contribution is 6.45. The SMILES string of the molecule is N[C@H](CCOc1ccc(C(=NO)C(=O)N[C@H]2CN([C@@H](C(=O)O)c3ccc(O)cc3)C2=O)cc1)C(=O)O. The summed E-state index contributed by atoms with van der Waals surface area (Å²) in [6.07, 6.45) is 0.0880. The first kappa shape index (κ1) is 26.0. The lowest BCUT2D eigenvalue weighted by atomic mass is 9.97. The van der Waals surface area contributed by atoms with Crippen LogP contribution in [0.3, 0.4) is 0 Å². The summed E-state index contributed by atoms with van der Waals surface area (Å²) in [6.45, 7) is -0.0393. The normalized spacial score (nSPS) is 17.0. The first-order valence-electron chi connectivity index (χ1n) is 10.7. The number of carboxylic acids is 2. The number of rotatable bonds is 11. The molecule has 3 rings (SSSR count). The van der Waals surface area contributed by atoms with E-state index in [4.69, 9.17) is 15.6 Å². The molecular formula is C23H24N4O9. The molecule has 1 fully saturated rings. The molecule has 13 heteroatoms. The number of phenols is 1. The summed E-state index contributed by atoms with van der Waals surface area (Å²) in [5.41, 5.74) is 5.51. The first-order chi connectivity index (χ1) is 17.1. The number of hydrogen-bond donors (Lipinski definition) is 6. The van der Waals surface area contributed by atoms with E-state index in [0.717, 1.165) is 4.90 Å². The minimum Gasteiger partial charge on any atom is -0.508 e. The Labute approximate surface area is 204 Å². The number of likely N-dealkylation sites (tertiary alicyclic amines) is 1. The van der Waals surface area contributed by atoms with Crippen LogP contribution in [0.4, 0.5) is 0 Å². The number of carbonyl (C=O) groups excluding carboxylic acids is 2. The standard InChI is InChI=1S/C23H24N4O9/c24-16(22(31)32)9-10-36-15-7-3-12(4-8-15)18(26-35)20(29)25-17-11-27(21(17)30)19(23(33)34)13-1-5-14(28)6-2-13/h1-8,16-17,19,28,35H,9-11,24H2,(H,25,29)(H,31,32)(H,33,34)/t16-,17+,19-/m1/s1. The highest BCUT2D eigenvalue weighted by Gasteiger charge is 2.45. The van der Waals surface area contributed by atoms with Crippen LogP contribution in [0, 0.1) is 0 Å². The van der Waals surface area contributed by atoms with Crippen molar-refractivity contribution in [1.29, 1.82) is 0 Å². The fourth-order valence-corrected chi connectivity index (χ4v) is 3.50. The highest BCUT2D eigenvalue weighted by Crippen LogP contribution is 2.28. The average molecular weight is 500 g/mol. The lowest BCUT2D eigenvalue weighted by molar-refractivity contribution is -0.160. The maximum atomic E-state index is 12.6. The molecule has 3 atom stereocenters. The number of carboxylic acid groups (broad SMARTS) is 2. The van der Waals surface area contributed by atoms with Gasteiger partial charge in [0.2, 0.25) is 5.91 Å². The zero-order chi connectivity index (χ0) is 26.4. The molecule has 1 heterocycles. The van der Waals surface area contributed by atoms with E-state index >= 15 is 0 Å². The van der Waals surface area contributed by atoms with Crippen LogP contribution in [-0.2, 0) is 19.2 Å². The van der Waals surface area contributed by atoms with Crippen LogP contribution in [0.5, 0.6) is 11.5 Å². The molecule has 0 spiro atoms. The number of phenolic OH excluding ortho intramolecular Hbond substituents is 1. The molecule has 0 unspecified atom stereocenters. The van der Waals surface area contributed by atoms with Crippen LogP contribution in [-0.4, -0.2) is 80.1 Å². The molecular weight excluding hydrogens is 476 g/mol. The van der Waals surface area contributed by atoms with Gasteiger partial charge in [-0.15, -0.1) is 0 Å². The van der Waals surface area contributed by atoms with Crippen molar-refractivity contribution < 1.29 is 44.4 Å². The Morgan fingerprint density at radius 3 is 2.25 bits per heavy atom. The molecule has 1 aliphatic rings. The van der Waals surface area contributed by atoms with Crippen LogP contribution in [0.2, 0.25) is 0 Å². The first-order valence-corrected chi connectivity index (χ1v) is 10.7. The molecule has 2 amide bonds. The van der Waals surface area contributed by atoms with E-state index in [1.807, 2.05) is 0 Å². The number of hydrogen-bond acceptors (Lipinski definition) is 9. The zero-order valence-electron chi connectivity index (χ0n) is 18.8. The average Bonchev–Trinajstić information content (AvgIpc) is 2.85. The molecule has 13 nitrogen and oxygen atoms in total. The summed E-state index contributed by atoms with van der Waals surface area (Å²) in [6, 6.07) is 7.83. The molecule has 0 aromatic heterocycles. The van der Waals surface area contributed by atoms with Crippen molar-refractivity contribution in [3.8, 4) is 11.5 Å². The third-order valence-electron chi connectivity index (χ3n) is 5.48. The van der Waals surface area contributed by atoms with Crippen molar-refractivity contribution in [2.24, 2.45) is 10.9 Å². The third kappa shape index (κ3) is 5.88. The van der Waals surface area contributed by atoms with Crippen molar-refractivity contribution in [3.05, 3.63) is 59.7 Å². The van der Waals surface area contributed by atoms with Gasteiger partial charge in [0.05, 0.1) is 13.2 Å². The van der Waals surface area contributed by atoms with Gasteiger partial charge in [-0.1, -0.05) is 17.3 Å². The van der Waals surface area contributed by atoms with Gasteiger partial charge < -0.3 is 41.2 Å². The summed E-state index contributed by atoms with van der Waals surface area (Å²) in [5, 5.41) is 42.5. The smallest absolute Gasteiger partial charge is 0.331 e. The largest absolute Gasteiger partial charge is 0.508 e. The second kappa shape index (κ2) is 11.2. The predicted octanol–water partition coefficient (Wildman–Crippen LogP) is -0.0958. The molecule has 2 aromatic rings. The molecule has 0 aliphatic carbocycles. The summed E-state index contributed by atoms with van der Waals surface area (Å²) < 4.78 is 5.40. The van der Waals surface area contributed by atoms with Crippen molar-refractivity contribution in [3.63, 3.8) is 0 Å². The Bertz CT molecular complexity index is 1170. The van der Waals surface area contributed by atoms with Gasteiger partial charge >= 0.3 is 11.9 Å². The summed E-state index contributed by atoms with van der Waals surface area (Å²) in [7, 11) is 0. The van der Waals surface area contributed by atoms with Gasteiger partial charge in [-0.3, -0.25) is 14.4 Å². The molecule has 0 bridgehead atoms. The molecule has 1 aliphatic heterocycles. The van der Waals surface area contributed by atoms with Crippen LogP contribution in [0.15, 0.2) is 53.7 Å². The molecule has 2 aromatic carbocycles. The maximum Gasteiger partial charge on any atom is 0.331 e. The van der Waals surface area contributed by atoms with E-state index in [9.17, 15) is 34.6 Å². The number of amides is 2. The summed E-state index contributed by atoms with van der Waals surface area (Å²) >= 11 is 0. The fraction of sp³-hybridized carbons (Fsp3) is 0.261. The Balaban J connectivity index is 1.59. The highest BCUT2D eigenvalue weighted by atomic mass is 16.5. The third-order valence-corrected chi connectivity index (χ3v) is 5.48. The van der Waals surface area contributed by atoms with Gasteiger partial charge in [0.25, 0.3) is 5.91 Å². The number of aliphatic carboxylic acids is 2. The van der Waals surface area contributed by atoms with Gasteiger partial charge in [0, 0.05) is 12.0 Å². The van der Waals surface area contributed by atoms with Gasteiger partial charge in [-0.25, -0.2) is 4.79 Å². The number of nitrogens with zero attached hydrogens (tertiary/aromatic N) is 2. The second-order valence-electron chi connectivity index (χ2n) is 7.90. The van der Waals surface area contributed by atoms with E-state index in [1.165, 1.54) is 48.5 Å². The Morgan fingerprint density at radius 2 is 1.72 bits per heavy atom. The quantitative estimate of drug-likeness (QED) is 0.104. The number of ether oxygens (including phenoxy) is 1. The summed E-state index contributed by atoms with van der Waals surface area (Å²) in [4.78, 5) is 48.8. The van der Waals surface area contributed by atoms with Crippen LogP contribution in [0.25, 0.3) is 0 Å². The van der Waals surface area contributed by atoms with Crippen LogP contribution < -0.4 is 15.8 Å². The minimum atomic E-state index is -1.30. The fourth-order valence-electron chi connectivity index (χ4n) is 3.50. The van der Waals surface area contributed by atoms with Crippen molar-refractivity contribution >= 4 is 29.5 Å². The lowest BCUT2D eigenvalue weighted by Crippen LogP contribution is -2.66. The number of carbonyl (C=O) groups is 4. The van der Waals surface area contributed by atoms with Crippen molar-refractivity contribution in [2.75, 3.05) is 13.2 Å². The van der Waals surface area contributed by atoms with Crippen LogP contribution >= 0.6 is 0 Å². The van der Waals surface area contributed by atoms with E-state index in [1.54, 1.807) is 0 Å². The van der Waals surface area contributed by atoms with Gasteiger partial charge in [0.1, 0.15) is 23.6 Å². The predicted molar refractivity (Wildman–Crippen MR) is 123 cm³/mol. The zero-order valence-corrected chi connectivity index (χ0v) is 18.8. The lowest BCUT2D eigenvalue weighted by Gasteiger charge is -2.42. The Kier molecular flexibility index (Phi) is 8.07. The molecule has 0 saturated carbocycles. The number of benzene rings is 2. The number of nitrogens with two attached hydrogens (primary N) is 1. The van der Waals surface area contributed by atoms with Gasteiger partial charge in [-0.05, 0) is 42.0 Å². The number of β-lactam (4-membered cyclic amide) rings is 1. The van der Waals surface area contributed by atoms with Crippen molar-refractivity contribution in [2.45, 2.75) is 24.5 Å². The molecule has 190 valence electrons. The molecule has 7 N–H and O–H groups in total.